The molecule has 0 radical (unpaired) electrons. The number of aliphatic hydroxyl groups excluding tert-OH is 1. The van der Waals surface area contributed by atoms with Crippen molar-refractivity contribution in [3.63, 3.8) is 0 Å². The molecule has 2 N–H and O–H groups in total. The number of aryl methyl sites for hydroxylation is 2. The fraction of sp³-hybridized carbons (Fsp3) is 0.286. The number of rotatable bonds is 4. The third-order valence-electron chi connectivity index (χ3n) is 2.95. The van der Waals surface area contributed by atoms with E-state index in [0.717, 1.165) is 5.69 Å². The number of nitrogens with zero attached hydrogens (tertiary/aromatic N) is 2. The average Bonchev–Trinajstić information content (AvgIpc) is 2.75. The minimum atomic E-state index is -0.881. The maximum absolute atomic E-state index is 12.8. The fourth-order valence-corrected chi connectivity index (χ4v) is 1.91. The molecule has 5 nitrogen and oxygen atoms in total. The minimum Gasteiger partial charge on any atom is -0.387 e. The van der Waals surface area contributed by atoms with Gasteiger partial charge < -0.3 is 10.4 Å². The molecule has 0 saturated heterocycles. The van der Waals surface area contributed by atoms with Crippen LogP contribution in [0.2, 0.25) is 0 Å². The van der Waals surface area contributed by atoms with Crippen LogP contribution in [0, 0.1) is 12.7 Å². The fourth-order valence-electron chi connectivity index (χ4n) is 1.91. The van der Waals surface area contributed by atoms with Crippen molar-refractivity contribution < 1.29 is 14.3 Å². The molecule has 1 heterocycles. The highest BCUT2D eigenvalue weighted by Gasteiger charge is 2.14. The summed E-state index contributed by atoms with van der Waals surface area (Å²) in [6.45, 7) is 1.85. The maximum Gasteiger partial charge on any atom is 0.269 e. The van der Waals surface area contributed by atoms with Crippen molar-refractivity contribution in [2.24, 2.45) is 7.05 Å². The largest absolute Gasteiger partial charge is 0.387 e. The second-order valence-electron chi connectivity index (χ2n) is 4.57. The van der Waals surface area contributed by atoms with Crippen molar-refractivity contribution >= 4 is 5.91 Å². The van der Waals surface area contributed by atoms with Gasteiger partial charge in [0.05, 0.1) is 11.8 Å². The van der Waals surface area contributed by atoms with Gasteiger partial charge in [-0.15, -0.1) is 0 Å². The van der Waals surface area contributed by atoms with E-state index < -0.39 is 6.10 Å². The number of carbonyl (C=O) groups is 1. The highest BCUT2D eigenvalue weighted by Crippen LogP contribution is 2.12. The molecule has 0 aliphatic carbocycles. The summed E-state index contributed by atoms with van der Waals surface area (Å²) in [6, 6.07) is 7.18. The number of hydrogen-bond donors (Lipinski definition) is 2. The number of halogens is 1. The number of hydrogen-bond acceptors (Lipinski definition) is 3. The van der Waals surface area contributed by atoms with Crippen molar-refractivity contribution in [2.45, 2.75) is 13.0 Å². The first-order valence-electron chi connectivity index (χ1n) is 6.19. The summed E-state index contributed by atoms with van der Waals surface area (Å²) in [5.74, 6) is -0.676. The zero-order valence-electron chi connectivity index (χ0n) is 11.3. The Morgan fingerprint density at radius 3 is 2.65 bits per heavy atom. The van der Waals surface area contributed by atoms with Gasteiger partial charge in [-0.1, -0.05) is 12.1 Å². The summed E-state index contributed by atoms with van der Waals surface area (Å²) in [4.78, 5) is 11.9. The highest BCUT2D eigenvalue weighted by molar-refractivity contribution is 5.92. The number of aliphatic hydroxyl groups is 1. The van der Waals surface area contributed by atoms with Crippen molar-refractivity contribution in [3.8, 4) is 0 Å². The molecule has 0 saturated carbocycles. The van der Waals surface area contributed by atoms with Gasteiger partial charge in [0.1, 0.15) is 11.5 Å². The Morgan fingerprint density at radius 1 is 1.45 bits per heavy atom. The molecule has 20 heavy (non-hydrogen) atoms. The van der Waals surface area contributed by atoms with Gasteiger partial charge in [0.25, 0.3) is 5.91 Å². The van der Waals surface area contributed by atoms with Gasteiger partial charge in [-0.2, -0.15) is 5.10 Å². The molecule has 2 aromatic rings. The Kier molecular flexibility index (Phi) is 4.14. The third kappa shape index (κ3) is 3.21. The standard InChI is InChI=1S/C14H16FN3O2/c1-9-7-12(18(2)17-9)14(20)16-8-13(19)10-3-5-11(15)6-4-10/h3-7,13,19H,8H2,1-2H3,(H,16,20). The van der Waals surface area contributed by atoms with Gasteiger partial charge in [0, 0.05) is 13.6 Å². The number of amides is 1. The van der Waals surface area contributed by atoms with Crippen LogP contribution in [-0.4, -0.2) is 27.3 Å². The summed E-state index contributed by atoms with van der Waals surface area (Å²) in [5.41, 5.74) is 1.72. The van der Waals surface area contributed by atoms with Gasteiger partial charge in [-0.25, -0.2) is 4.39 Å². The van der Waals surface area contributed by atoms with E-state index in [-0.39, 0.29) is 18.3 Å². The van der Waals surface area contributed by atoms with Crippen molar-refractivity contribution in [1.29, 1.82) is 0 Å². The van der Waals surface area contributed by atoms with E-state index in [1.807, 2.05) is 0 Å². The Morgan fingerprint density at radius 2 is 2.10 bits per heavy atom. The first kappa shape index (κ1) is 14.2. The first-order valence-corrected chi connectivity index (χ1v) is 6.19. The quantitative estimate of drug-likeness (QED) is 0.886. The predicted octanol–water partition coefficient (Wildman–Crippen LogP) is 1.33. The summed E-state index contributed by atoms with van der Waals surface area (Å²) >= 11 is 0. The van der Waals surface area contributed by atoms with E-state index >= 15 is 0 Å². The molecule has 0 bridgehead atoms. The first-order chi connectivity index (χ1) is 9.47. The lowest BCUT2D eigenvalue weighted by atomic mass is 10.1. The van der Waals surface area contributed by atoms with Crippen molar-refractivity contribution in [1.82, 2.24) is 15.1 Å². The second kappa shape index (κ2) is 5.83. The van der Waals surface area contributed by atoms with E-state index in [2.05, 4.69) is 10.4 Å². The normalized spacial score (nSPS) is 12.2. The van der Waals surface area contributed by atoms with Crippen LogP contribution in [0.4, 0.5) is 4.39 Å². The summed E-state index contributed by atoms with van der Waals surface area (Å²) in [7, 11) is 1.68. The minimum absolute atomic E-state index is 0.0503. The Balaban J connectivity index is 1.96. The molecule has 1 amide bonds. The van der Waals surface area contributed by atoms with E-state index in [1.54, 1.807) is 20.0 Å². The van der Waals surface area contributed by atoms with Crippen LogP contribution >= 0.6 is 0 Å². The zero-order valence-corrected chi connectivity index (χ0v) is 11.3. The number of carbonyl (C=O) groups excluding carboxylic acids is 1. The van der Waals surface area contributed by atoms with Crippen LogP contribution in [0.5, 0.6) is 0 Å². The smallest absolute Gasteiger partial charge is 0.269 e. The molecule has 0 aliphatic rings. The average molecular weight is 277 g/mol. The second-order valence-corrected chi connectivity index (χ2v) is 4.57. The Bertz CT molecular complexity index is 607. The number of nitrogens with one attached hydrogen (secondary N) is 1. The zero-order chi connectivity index (χ0) is 14.7. The topological polar surface area (TPSA) is 67.2 Å². The number of aromatic nitrogens is 2. The van der Waals surface area contributed by atoms with Gasteiger partial charge in [0.2, 0.25) is 0 Å². The van der Waals surface area contributed by atoms with Crippen LogP contribution in [0.1, 0.15) is 27.8 Å². The van der Waals surface area contributed by atoms with Crippen molar-refractivity contribution in [3.05, 3.63) is 53.1 Å². The van der Waals surface area contributed by atoms with Crippen molar-refractivity contribution in [2.75, 3.05) is 6.54 Å². The highest BCUT2D eigenvalue weighted by atomic mass is 19.1. The van der Waals surface area contributed by atoms with Gasteiger partial charge in [-0.3, -0.25) is 9.48 Å². The lowest BCUT2D eigenvalue weighted by Crippen LogP contribution is -2.29. The van der Waals surface area contributed by atoms with Crippen LogP contribution in [0.15, 0.2) is 30.3 Å². The molecule has 0 fully saturated rings. The molecule has 2 rings (SSSR count). The van der Waals surface area contributed by atoms with E-state index in [9.17, 15) is 14.3 Å². The van der Waals surface area contributed by atoms with Crippen LogP contribution < -0.4 is 5.32 Å². The van der Waals surface area contributed by atoms with Crippen LogP contribution in [0.25, 0.3) is 0 Å². The molecule has 0 aliphatic heterocycles. The summed E-state index contributed by atoms with van der Waals surface area (Å²) in [6.07, 6.45) is -0.881. The van der Waals surface area contributed by atoms with E-state index in [1.165, 1.54) is 28.9 Å². The molecule has 0 spiro atoms. The molecular formula is C14H16FN3O2. The molecular weight excluding hydrogens is 261 g/mol. The Labute approximate surface area is 116 Å². The van der Waals surface area contributed by atoms with Crippen LogP contribution in [0.3, 0.4) is 0 Å². The van der Waals surface area contributed by atoms with E-state index in [4.69, 9.17) is 0 Å². The lowest BCUT2D eigenvalue weighted by molar-refractivity contribution is 0.0907. The molecule has 1 atom stereocenters. The molecule has 1 aromatic heterocycles. The van der Waals surface area contributed by atoms with Gasteiger partial charge in [-0.05, 0) is 30.7 Å². The van der Waals surface area contributed by atoms with Crippen LogP contribution in [-0.2, 0) is 7.05 Å². The van der Waals surface area contributed by atoms with Gasteiger partial charge in [0.15, 0.2) is 0 Å². The third-order valence-corrected chi connectivity index (χ3v) is 2.95. The van der Waals surface area contributed by atoms with Gasteiger partial charge >= 0.3 is 0 Å². The maximum atomic E-state index is 12.8. The monoisotopic (exact) mass is 277 g/mol. The summed E-state index contributed by atoms with van der Waals surface area (Å²) in [5, 5.41) is 16.6. The van der Waals surface area contributed by atoms with E-state index in [0.29, 0.717) is 11.3 Å². The lowest BCUT2D eigenvalue weighted by Gasteiger charge is -2.12. The molecule has 1 unspecified atom stereocenters. The number of benzene rings is 1. The SMILES string of the molecule is Cc1cc(C(=O)NCC(O)c2ccc(F)cc2)n(C)n1. The molecule has 6 heteroatoms. The summed E-state index contributed by atoms with van der Waals surface area (Å²) < 4.78 is 14.3. The molecule has 106 valence electrons. The Hall–Kier alpha value is -2.21. The predicted molar refractivity (Wildman–Crippen MR) is 71.6 cm³/mol. The molecule has 1 aromatic carbocycles.